The van der Waals surface area contributed by atoms with Crippen molar-refractivity contribution < 1.29 is 17.2 Å². The maximum absolute atomic E-state index is 13.8. The van der Waals surface area contributed by atoms with Crippen molar-refractivity contribution in [1.82, 2.24) is 15.5 Å². The minimum atomic E-state index is -3.77. The van der Waals surface area contributed by atoms with Crippen LogP contribution in [0.3, 0.4) is 0 Å². The lowest BCUT2D eigenvalue weighted by atomic mass is 10.2. The molecule has 1 aliphatic heterocycles. The lowest BCUT2D eigenvalue weighted by molar-refractivity contribution is 0.405. The lowest BCUT2D eigenvalue weighted by Gasteiger charge is -2.13. The number of hydrogen-bond acceptors (Lipinski definition) is 6. The summed E-state index contributed by atoms with van der Waals surface area (Å²) < 4.78 is 46.4. The fourth-order valence-corrected chi connectivity index (χ4v) is 4.05. The van der Waals surface area contributed by atoms with E-state index in [0.717, 1.165) is 6.07 Å². The summed E-state index contributed by atoms with van der Waals surface area (Å²) in [4.78, 5) is 0. The van der Waals surface area contributed by atoms with Crippen molar-refractivity contribution in [3.8, 4) is 0 Å². The Morgan fingerprint density at radius 2 is 2.25 bits per heavy atom. The first-order valence-electron chi connectivity index (χ1n) is 7.41. The van der Waals surface area contributed by atoms with E-state index in [1.807, 2.05) is 6.92 Å². The summed E-state index contributed by atoms with van der Waals surface area (Å²) in [6.45, 7) is 2.09. The van der Waals surface area contributed by atoms with E-state index in [9.17, 15) is 12.8 Å². The molecular weight excluding hydrogens is 359 g/mol. The summed E-state index contributed by atoms with van der Waals surface area (Å²) >= 11 is 5.67. The second kappa shape index (κ2) is 6.66. The van der Waals surface area contributed by atoms with Crippen molar-refractivity contribution >= 4 is 27.3 Å². The Kier molecular flexibility index (Phi) is 4.75. The molecule has 1 aliphatic rings. The van der Waals surface area contributed by atoms with Crippen molar-refractivity contribution in [3.05, 3.63) is 40.8 Å². The molecule has 0 bridgehead atoms. The maximum Gasteiger partial charge on any atom is 0.237 e. The third-order valence-corrected chi connectivity index (χ3v) is 5.77. The lowest BCUT2D eigenvalue weighted by Crippen LogP contribution is -2.29. The van der Waals surface area contributed by atoms with Gasteiger partial charge in [0.05, 0.1) is 17.0 Å². The molecule has 1 aromatic heterocycles. The molecule has 0 spiro atoms. The average Bonchev–Trinajstić information content (AvgIpc) is 3.18. The molecular formula is C14H16ClFN4O3S. The fraction of sp³-hybridized carbons (Fsp3) is 0.429. The number of rotatable bonds is 5. The zero-order valence-corrected chi connectivity index (χ0v) is 14.4. The molecule has 1 saturated heterocycles. The predicted octanol–water partition coefficient (Wildman–Crippen LogP) is 2.27. The molecule has 1 fully saturated rings. The van der Waals surface area contributed by atoms with Gasteiger partial charge in [0.15, 0.2) is 0 Å². The van der Waals surface area contributed by atoms with Crippen LogP contribution in [0.1, 0.15) is 31.2 Å². The van der Waals surface area contributed by atoms with Crippen molar-refractivity contribution in [1.29, 1.82) is 0 Å². The van der Waals surface area contributed by atoms with Gasteiger partial charge in [-0.25, -0.2) is 12.8 Å². The van der Waals surface area contributed by atoms with Gasteiger partial charge >= 0.3 is 0 Å². The van der Waals surface area contributed by atoms with Gasteiger partial charge in [0.2, 0.25) is 21.8 Å². The van der Waals surface area contributed by atoms with Crippen LogP contribution in [0.4, 0.5) is 10.1 Å². The Hall–Kier alpha value is -1.71. The van der Waals surface area contributed by atoms with Crippen LogP contribution in [0.5, 0.6) is 0 Å². The van der Waals surface area contributed by atoms with E-state index in [2.05, 4.69) is 20.2 Å². The van der Waals surface area contributed by atoms with E-state index in [-0.39, 0.29) is 29.7 Å². The largest absolute Gasteiger partial charge is 0.424 e. The van der Waals surface area contributed by atoms with Crippen LogP contribution in [0.15, 0.2) is 22.6 Å². The third kappa shape index (κ3) is 3.52. The Bertz CT molecular complexity index is 842. The third-order valence-electron chi connectivity index (χ3n) is 3.80. The number of nitrogens with zero attached hydrogens (tertiary/aromatic N) is 2. The van der Waals surface area contributed by atoms with Crippen molar-refractivity contribution in [3.63, 3.8) is 0 Å². The highest BCUT2D eigenvalue weighted by Gasteiger charge is 2.37. The molecule has 24 heavy (non-hydrogen) atoms. The highest BCUT2D eigenvalue weighted by atomic mass is 35.5. The number of halogens is 2. The van der Waals surface area contributed by atoms with Gasteiger partial charge in [0.1, 0.15) is 5.82 Å². The minimum absolute atomic E-state index is 0.131. The van der Waals surface area contributed by atoms with Crippen LogP contribution in [0, 0.1) is 5.82 Å². The summed E-state index contributed by atoms with van der Waals surface area (Å²) in [6.07, 6.45) is 0.870. The maximum atomic E-state index is 13.8. The van der Waals surface area contributed by atoms with Crippen LogP contribution >= 0.6 is 11.6 Å². The van der Waals surface area contributed by atoms with Gasteiger partial charge in [0.25, 0.3) is 0 Å². The summed E-state index contributed by atoms with van der Waals surface area (Å²) in [6, 6.07) is 3.43. The van der Waals surface area contributed by atoms with Crippen molar-refractivity contribution in [2.45, 2.75) is 31.1 Å². The molecule has 1 aromatic carbocycles. The highest BCUT2D eigenvalue weighted by molar-refractivity contribution is 7.93. The molecule has 130 valence electrons. The van der Waals surface area contributed by atoms with Crippen molar-refractivity contribution in [2.75, 3.05) is 11.3 Å². The highest BCUT2D eigenvalue weighted by Crippen LogP contribution is 2.28. The Balaban J connectivity index is 1.71. The topological polar surface area (TPSA) is 97.1 Å². The number of benzene rings is 1. The van der Waals surface area contributed by atoms with E-state index in [4.69, 9.17) is 16.0 Å². The molecule has 0 aliphatic carbocycles. The molecule has 7 nitrogen and oxygen atoms in total. The SMILES string of the molecule is CCc1nnc(C2CC(S(=O)(=O)Nc3ccc(Cl)cc3F)CN2)o1. The van der Waals surface area contributed by atoms with E-state index < -0.39 is 21.1 Å². The number of hydrogen-bond donors (Lipinski definition) is 2. The monoisotopic (exact) mass is 374 g/mol. The van der Waals surface area contributed by atoms with Gasteiger partial charge in [-0.05, 0) is 24.6 Å². The number of aromatic nitrogens is 2. The quantitative estimate of drug-likeness (QED) is 0.833. The summed E-state index contributed by atoms with van der Waals surface area (Å²) in [5.74, 6) is 0.139. The van der Waals surface area contributed by atoms with Crippen LogP contribution in [-0.4, -0.2) is 30.4 Å². The first-order chi connectivity index (χ1) is 11.4. The number of sulfonamides is 1. The Morgan fingerprint density at radius 3 is 2.92 bits per heavy atom. The number of anilines is 1. The van der Waals surface area contributed by atoms with Gasteiger partial charge in [-0.15, -0.1) is 10.2 Å². The van der Waals surface area contributed by atoms with E-state index in [1.54, 1.807) is 0 Å². The summed E-state index contributed by atoms with van der Waals surface area (Å²) in [5.41, 5.74) is -0.131. The number of aryl methyl sites for hydroxylation is 1. The normalized spacial score (nSPS) is 21.1. The molecule has 0 saturated carbocycles. The second-order valence-corrected chi connectivity index (χ2v) is 7.87. The predicted molar refractivity (Wildman–Crippen MR) is 86.8 cm³/mol. The Morgan fingerprint density at radius 1 is 1.46 bits per heavy atom. The minimum Gasteiger partial charge on any atom is -0.424 e. The fourth-order valence-electron chi connectivity index (χ4n) is 2.49. The molecule has 2 atom stereocenters. The number of nitrogens with one attached hydrogen (secondary N) is 2. The molecule has 0 radical (unpaired) electrons. The summed E-state index contributed by atoms with van der Waals surface area (Å²) in [7, 11) is -3.77. The molecule has 10 heteroatoms. The molecule has 3 rings (SSSR count). The second-order valence-electron chi connectivity index (χ2n) is 5.48. The zero-order chi connectivity index (χ0) is 17.3. The van der Waals surface area contributed by atoms with Crippen LogP contribution in [0.2, 0.25) is 5.02 Å². The van der Waals surface area contributed by atoms with Gasteiger partial charge in [-0.3, -0.25) is 4.72 Å². The standard InChI is InChI=1S/C14H16ClFN4O3S/c1-2-13-18-19-14(23-13)12-6-9(7-17-12)24(21,22)20-11-4-3-8(15)5-10(11)16/h3-5,9,12,17,20H,2,6-7H2,1H3. The van der Waals surface area contributed by atoms with Crippen LogP contribution < -0.4 is 10.0 Å². The van der Waals surface area contributed by atoms with Crippen molar-refractivity contribution in [2.24, 2.45) is 0 Å². The van der Waals surface area contributed by atoms with Crippen LogP contribution in [-0.2, 0) is 16.4 Å². The molecule has 2 aromatic rings. The smallest absolute Gasteiger partial charge is 0.237 e. The van der Waals surface area contributed by atoms with Gasteiger partial charge < -0.3 is 9.73 Å². The first kappa shape index (κ1) is 17.1. The van der Waals surface area contributed by atoms with Gasteiger partial charge in [-0.1, -0.05) is 18.5 Å². The van der Waals surface area contributed by atoms with E-state index in [1.165, 1.54) is 12.1 Å². The molecule has 0 amide bonds. The van der Waals surface area contributed by atoms with E-state index >= 15 is 0 Å². The average molecular weight is 375 g/mol. The van der Waals surface area contributed by atoms with E-state index in [0.29, 0.717) is 18.2 Å². The molecule has 2 heterocycles. The van der Waals surface area contributed by atoms with Crippen LogP contribution in [0.25, 0.3) is 0 Å². The summed E-state index contributed by atoms with van der Waals surface area (Å²) in [5, 5.41) is 10.3. The zero-order valence-electron chi connectivity index (χ0n) is 12.8. The van der Waals surface area contributed by atoms with Gasteiger partial charge in [-0.2, -0.15) is 0 Å². The van der Waals surface area contributed by atoms with Gasteiger partial charge in [0, 0.05) is 18.0 Å². The molecule has 2 unspecified atom stereocenters. The Labute approximate surface area is 143 Å². The first-order valence-corrected chi connectivity index (χ1v) is 9.34. The molecule has 2 N–H and O–H groups in total.